The van der Waals surface area contributed by atoms with Gasteiger partial charge in [0.1, 0.15) is 5.37 Å². The molecule has 0 aromatic rings. The van der Waals surface area contributed by atoms with Crippen molar-refractivity contribution in [3.63, 3.8) is 0 Å². The molecular weight excluding hydrogens is 252 g/mol. The molecule has 100 valence electrons. The van der Waals surface area contributed by atoms with Crippen LogP contribution in [-0.2, 0) is 19.6 Å². The summed E-state index contributed by atoms with van der Waals surface area (Å²) >= 11 is 0. The molecule has 0 aromatic heterocycles. The first-order chi connectivity index (χ1) is 7.48. The normalized spacial score (nSPS) is 13.0. The minimum absolute atomic E-state index is 0.558. The summed E-state index contributed by atoms with van der Waals surface area (Å²) in [5.41, 5.74) is 0. The fourth-order valence-corrected chi connectivity index (χ4v) is 1.02. The second kappa shape index (κ2) is 7.76. The highest BCUT2D eigenvalue weighted by molar-refractivity contribution is 7.89. The van der Waals surface area contributed by atoms with E-state index in [1.807, 2.05) is 0 Å². The summed E-state index contributed by atoms with van der Waals surface area (Å²) in [4.78, 5) is 20.6. The van der Waals surface area contributed by atoms with Gasteiger partial charge in [-0.2, -0.15) is 0 Å². The Labute approximate surface area is 99.4 Å². The number of nitrogens with zero attached hydrogens (tertiary/aromatic N) is 1. The average Bonchev–Trinajstić information content (AvgIpc) is 2.13. The number of primary sulfonamides is 1. The van der Waals surface area contributed by atoms with Gasteiger partial charge < -0.3 is 10.2 Å². The lowest BCUT2D eigenvalue weighted by atomic mass is 10.5. The van der Waals surface area contributed by atoms with Gasteiger partial charge in [0.2, 0.25) is 10.0 Å². The molecule has 0 spiro atoms. The van der Waals surface area contributed by atoms with Crippen LogP contribution in [0.5, 0.6) is 0 Å². The molecule has 0 bridgehead atoms. The van der Waals surface area contributed by atoms with Crippen LogP contribution in [0, 0.1) is 0 Å². The summed E-state index contributed by atoms with van der Waals surface area (Å²) < 4.78 is 21.0. The smallest absolute Gasteiger partial charge is 0.328 e. The first-order valence-electron chi connectivity index (χ1n) is 4.30. The standard InChI is InChI=1S/C4H12N2O2S.C4H4O4/c1-4(6(2)3)9(5,7)8;5-3(6)1-2-4(7)8/h4H,1-3H3,(H2,5,7,8);1-2H,(H,5,6)(H,7,8). The molecule has 0 saturated carbocycles. The van der Waals surface area contributed by atoms with Crippen LogP contribution in [0.25, 0.3) is 0 Å². The fourth-order valence-electron chi connectivity index (χ4n) is 0.436. The minimum Gasteiger partial charge on any atom is -0.478 e. The topological polar surface area (TPSA) is 138 Å². The Kier molecular flexibility index (Phi) is 8.19. The van der Waals surface area contributed by atoms with Crippen LogP contribution < -0.4 is 5.14 Å². The molecule has 9 heteroatoms. The molecule has 0 aliphatic carbocycles. The summed E-state index contributed by atoms with van der Waals surface area (Å²) in [5, 5.41) is 19.8. The molecule has 0 radical (unpaired) electrons. The maximum Gasteiger partial charge on any atom is 0.328 e. The Hall–Kier alpha value is -1.45. The van der Waals surface area contributed by atoms with Gasteiger partial charge in [-0.25, -0.2) is 23.1 Å². The van der Waals surface area contributed by atoms with Crippen LogP contribution in [0.4, 0.5) is 0 Å². The molecule has 4 N–H and O–H groups in total. The number of hydrogen-bond donors (Lipinski definition) is 3. The maximum absolute atomic E-state index is 10.5. The van der Waals surface area contributed by atoms with E-state index in [-0.39, 0.29) is 0 Å². The third kappa shape index (κ3) is 12.5. The molecule has 17 heavy (non-hydrogen) atoms. The van der Waals surface area contributed by atoms with E-state index >= 15 is 0 Å². The third-order valence-electron chi connectivity index (χ3n) is 1.57. The van der Waals surface area contributed by atoms with E-state index in [9.17, 15) is 18.0 Å². The van der Waals surface area contributed by atoms with Crippen molar-refractivity contribution in [3.05, 3.63) is 12.2 Å². The highest BCUT2D eigenvalue weighted by Crippen LogP contribution is 1.95. The van der Waals surface area contributed by atoms with Crippen molar-refractivity contribution in [2.24, 2.45) is 5.14 Å². The van der Waals surface area contributed by atoms with Crippen molar-refractivity contribution >= 4 is 22.0 Å². The van der Waals surface area contributed by atoms with Crippen LogP contribution in [0.2, 0.25) is 0 Å². The van der Waals surface area contributed by atoms with Crippen LogP contribution in [0.15, 0.2) is 12.2 Å². The van der Waals surface area contributed by atoms with Crippen molar-refractivity contribution in [1.82, 2.24) is 4.90 Å². The van der Waals surface area contributed by atoms with E-state index in [0.29, 0.717) is 12.2 Å². The van der Waals surface area contributed by atoms with Gasteiger partial charge >= 0.3 is 11.9 Å². The van der Waals surface area contributed by atoms with E-state index in [4.69, 9.17) is 15.4 Å². The van der Waals surface area contributed by atoms with Crippen molar-refractivity contribution in [2.45, 2.75) is 12.3 Å². The van der Waals surface area contributed by atoms with Gasteiger partial charge in [0.25, 0.3) is 0 Å². The van der Waals surface area contributed by atoms with E-state index in [1.54, 1.807) is 14.1 Å². The van der Waals surface area contributed by atoms with Gasteiger partial charge in [0.05, 0.1) is 0 Å². The highest BCUT2D eigenvalue weighted by Gasteiger charge is 2.16. The van der Waals surface area contributed by atoms with Crippen molar-refractivity contribution < 1.29 is 28.2 Å². The van der Waals surface area contributed by atoms with Crippen molar-refractivity contribution in [2.75, 3.05) is 14.1 Å². The number of carboxylic acids is 2. The van der Waals surface area contributed by atoms with Gasteiger partial charge in [-0.3, -0.25) is 4.90 Å². The number of carboxylic acid groups (broad SMARTS) is 2. The van der Waals surface area contributed by atoms with Gasteiger partial charge in [0.15, 0.2) is 0 Å². The van der Waals surface area contributed by atoms with E-state index in [0.717, 1.165) is 0 Å². The first kappa shape index (κ1) is 17.9. The maximum atomic E-state index is 10.5. The first-order valence-corrected chi connectivity index (χ1v) is 5.91. The predicted octanol–water partition coefficient (Wildman–Crippen LogP) is -1.11. The van der Waals surface area contributed by atoms with Crippen molar-refractivity contribution in [3.8, 4) is 0 Å². The molecule has 0 amide bonds. The Morgan fingerprint density at radius 1 is 1.18 bits per heavy atom. The molecule has 8 nitrogen and oxygen atoms in total. The molecular formula is C8H16N2O6S. The molecule has 1 unspecified atom stereocenters. The number of sulfonamides is 1. The SMILES string of the molecule is CC(N(C)C)S(N)(=O)=O.O=C(O)C=CC(=O)O. The van der Waals surface area contributed by atoms with Crippen LogP contribution in [0.3, 0.4) is 0 Å². The van der Waals surface area contributed by atoms with Gasteiger partial charge in [0, 0.05) is 12.2 Å². The predicted molar refractivity (Wildman–Crippen MR) is 60.7 cm³/mol. The lowest BCUT2D eigenvalue weighted by Gasteiger charge is -2.16. The highest BCUT2D eigenvalue weighted by atomic mass is 32.2. The van der Waals surface area contributed by atoms with Crippen LogP contribution >= 0.6 is 0 Å². The van der Waals surface area contributed by atoms with Gasteiger partial charge in [-0.1, -0.05) is 0 Å². The average molecular weight is 268 g/mol. The molecule has 0 aliphatic heterocycles. The lowest BCUT2D eigenvalue weighted by Crippen LogP contribution is -2.37. The number of nitrogens with two attached hydrogens (primary N) is 1. The van der Waals surface area contributed by atoms with Gasteiger partial charge in [-0.15, -0.1) is 0 Å². The van der Waals surface area contributed by atoms with Crippen molar-refractivity contribution in [1.29, 1.82) is 0 Å². The largest absolute Gasteiger partial charge is 0.478 e. The summed E-state index contributed by atoms with van der Waals surface area (Å²) in [5.74, 6) is -2.51. The third-order valence-corrected chi connectivity index (χ3v) is 2.94. The zero-order chi connectivity index (χ0) is 14.2. The Bertz CT molecular complexity index is 371. The number of aliphatic carboxylic acids is 2. The zero-order valence-electron chi connectivity index (χ0n) is 9.69. The quantitative estimate of drug-likeness (QED) is 0.550. The molecule has 0 aliphatic rings. The van der Waals surface area contributed by atoms with E-state index < -0.39 is 27.3 Å². The number of carbonyl (C=O) groups is 2. The number of rotatable bonds is 4. The second-order valence-electron chi connectivity index (χ2n) is 3.16. The van der Waals surface area contributed by atoms with Gasteiger partial charge in [-0.05, 0) is 21.0 Å². The number of hydrogen-bond acceptors (Lipinski definition) is 5. The Balaban J connectivity index is 0. The van der Waals surface area contributed by atoms with E-state index in [2.05, 4.69) is 0 Å². The van der Waals surface area contributed by atoms with Crippen LogP contribution in [-0.4, -0.2) is 54.9 Å². The molecule has 0 fully saturated rings. The van der Waals surface area contributed by atoms with E-state index in [1.165, 1.54) is 11.8 Å². The molecule has 1 atom stereocenters. The lowest BCUT2D eigenvalue weighted by molar-refractivity contribution is -0.134. The Morgan fingerprint density at radius 3 is 1.53 bits per heavy atom. The summed E-state index contributed by atoms with van der Waals surface area (Å²) in [6.45, 7) is 1.54. The summed E-state index contributed by atoms with van der Waals surface area (Å²) in [6.07, 6.45) is 1.12. The second-order valence-corrected chi connectivity index (χ2v) is 5.02. The Morgan fingerprint density at radius 2 is 1.47 bits per heavy atom. The summed E-state index contributed by atoms with van der Waals surface area (Å²) in [7, 11) is -0.0526. The minimum atomic E-state index is -3.38. The molecule has 0 heterocycles. The monoisotopic (exact) mass is 268 g/mol. The zero-order valence-corrected chi connectivity index (χ0v) is 10.5. The fraction of sp³-hybridized carbons (Fsp3) is 0.500. The molecule has 0 aromatic carbocycles. The van der Waals surface area contributed by atoms with Crippen LogP contribution in [0.1, 0.15) is 6.92 Å². The molecule has 0 saturated heterocycles. The molecule has 0 rings (SSSR count). The summed E-state index contributed by atoms with van der Waals surface area (Å²) in [6, 6.07) is 0.